The van der Waals surface area contributed by atoms with Crippen molar-refractivity contribution in [1.29, 1.82) is 0 Å². The lowest BCUT2D eigenvalue weighted by Crippen LogP contribution is -2.45. The summed E-state index contributed by atoms with van der Waals surface area (Å²) in [5.41, 5.74) is -3.77. The summed E-state index contributed by atoms with van der Waals surface area (Å²) in [5.74, 6) is 5.35. The van der Waals surface area contributed by atoms with Crippen molar-refractivity contribution < 1.29 is 13.6 Å². The van der Waals surface area contributed by atoms with Crippen molar-refractivity contribution in [2.75, 3.05) is 0 Å². The first-order valence-corrected chi connectivity index (χ1v) is 9.56. The second-order valence-electron chi connectivity index (χ2n) is 7.17. The summed E-state index contributed by atoms with van der Waals surface area (Å²) in [6.07, 6.45) is 18.4. The maximum absolute atomic E-state index is 12.9. The van der Waals surface area contributed by atoms with Gasteiger partial charge in [-0.25, -0.2) is 0 Å². The minimum absolute atomic E-state index is 0.328. The Hall–Kier alpha value is -1.77. The van der Waals surface area contributed by atoms with Gasteiger partial charge in [-0.2, -0.15) is 0 Å². The van der Waals surface area contributed by atoms with E-state index in [0.29, 0.717) is 12.8 Å². The fraction of sp³-hybridized carbons (Fsp3) is 0.455. The Labute approximate surface area is 160 Å². The normalized spacial score (nSPS) is 17.5. The molecule has 0 rings (SSSR count). The van der Waals surface area contributed by atoms with Gasteiger partial charge in [0.15, 0.2) is 0 Å². The van der Waals surface area contributed by atoms with Crippen LogP contribution in [-0.4, -0.2) is 11.2 Å². The van der Waals surface area contributed by atoms with Crippen molar-refractivity contribution in [2.24, 2.45) is 10.8 Å². The maximum Gasteiger partial charge on any atom is 0.320 e. The highest BCUT2D eigenvalue weighted by molar-refractivity contribution is 7.33. The molecule has 0 aromatic rings. The first-order valence-electron chi connectivity index (χ1n) is 8.33. The molecule has 0 aliphatic rings. The highest BCUT2D eigenvalue weighted by atomic mass is 31.1. The Kier molecular flexibility index (Phi) is 8.62. The molecule has 0 N–H and O–H groups in total. The zero-order chi connectivity index (χ0) is 20.6. The summed E-state index contributed by atoms with van der Waals surface area (Å²) >= 11 is 0. The van der Waals surface area contributed by atoms with E-state index in [1.165, 1.54) is 0 Å². The van der Waals surface area contributed by atoms with Gasteiger partial charge in [0.2, 0.25) is 0 Å². The summed E-state index contributed by atoms with van der Waals surface area (Å²) in [6.45, 7) is 22.4. The average Bonchev–Trinajstić information content (AvgIpc) is 2.60. The zero-order valence-corrected chi connectivity index (χ0v) is 17.4. The molecule has 0 radical (unpaired) electrons. The Morgan fingerprint density at radius 3 is 1.35 bits per heavy atom. The van der Waals surface area contributed by atoms with E-state index < -0.39 is 30.3 Å². The van der Waals surface area contributed by atoms with E-state index in [1.54, 1.807) is 24.3 Å². The fourth-order valence-electron chi connectivity index (χ4n) is 2.60. The van der Waals surface area contributed by atoms with Gasteiger partial charge in [-0.05, 0) is 40.5 Å². The van der Waals surface area contributed by atoms with Gasteiger partial charge in [-0.1, -0.05) is 36.1 Å². The van der Waals surface area contributed by atoms with Crippen LogP contribution in [0.5, 0.6) is 0 Å². The summed E-state index contributed by atoms with van der Waals surface area (Å²) in [4.78, 5) is 0. The van der Waals surface area contributed by atoms with E-state index in [9.17, 15) is 4.57 Å². The number of hydrogen-bond acceptors (Lipinski definition) is 3. The fourth-order valence-corrected chi connectivity index (χ4v) is 4.08. The minimum Gasteiger partial charge on any atom is -0.298 e. The predicted molar refractivity (Wildman–Crippen MR) is 112 cm³/mol. The molecule has 4 heteroatoms. The first kappa shape index (κ1) is 24.2. The number of hydrogen-bond donors (Lipinski definition) is 0. The molecule has 26 heavy (non-hydrogen) atoms. The Morgan fingerprint density at radius 2 is 1.15 bits per heavy atom. The average molecular weight is 374 g/mol. The first-order chi connectivity index (χ1) is 12.0. The zero-order valence-electron chi connectivity index (χ0n) is 16.4. The summed E-state index contributed by atoms with van der Waals surface area (Å²) < 4.78 is 24.6. The highest BCUT2D eigenvalue weighted by Crippen LogP contribution is 2.50. The van der Waals surface area contributed by atoms with Gasteiger partial charge in [-0.15, -0.1) is 39.2 Å². The van der Waals surface area contributed by atoms with E-state index in [0.717, 1.165) is 0 Å². The molecular weight excluding hydrogens is 343 g/mol. The van der Waals surface area contributed by atoms with Gasteiger partial charge in [0.1, 0.15) is 11.2 Å². The quantitative estimate of drug-likeness (QED) is 0.249. The van der Waals surface area contributed by atoms with Crippen LogP contribution in [0.1, 0.15) is 40.5 Å². The summed E-state index contributed by atoms with van der Waals surface area (Å²) in [5, 5.41) is 0. The van der Waals surface area contributed by atoms with E-state index >= 15 is 0 Å². The lowest BCUT2D eigenvalue weighted by atomic mass is 9.73. The number of rotatable bonds is 12. The smallest absolute Gasteiger partial charge is 0.298 e. The lowest BCUT2D eigenvalue weighted by Gasteiger charge is -2.43. The largest absolute Gasteiger partial charge is 0.320 e. The summed E-state index contributed by atoms with van der Waals surface area (Å²) in [7, 11) is -3.03. The molecule has 0 aliphatic carbocycles. The monoisotopic (exact) mass is 374 g/mol. The van der Waals surface area contributed by atoms with Crippen LogP contribution in [0.4, 0.5) is 0 Å². The topological polar surface area (TPSA) is 35.5 Å². The van der Waals surface area contributed by atoms with Crippen molar-refractivity contribution in [1.82, 2.24) is 0 Å². The standard InChI is InChI=1S/C22H31O3P/c1-11-17-21(15-5,19(7,8)13-3)24-26(23)25-22(16-6,18-12-2)20(9,10)14-4/h3-4,11-12,15-16,26H,1-2,5-6,17-18H2,7-10H3. The highest BCUT2D eigenvalue weighted by Gasteiger charge is 2.47. The van der Waals surface area contributed by atoms with Crippen molar-refractivity contribution in [3.8, 4) is 24.7 Å². The molecule has 0 aliphatic heterocycles. The third-order valence-corrected chi connectivity index (χ3v) is 5.98. The molecule has 0 heterocycles. The Morgan fingerprint density at radius 1 is 0.846 bits per heavy atom. The molecule has 0 fully saturated rings. The molecular formula is C22H31O3P. The molecule has 0 aromatic carbocycles. The van der Waals surface area contributed by atoms with E-state index in [2.05, 4.69) is 38.2 Å². The molecule has 142 valence electrons. The van der Waals surface area contributed by atoms with Gasteiger partial charge in [-0.3, -0.25) is 13.6 Å². The molecule has 3 nitrogen and oxygen atoms in total. The SMILES string of the molecule is C#CC(C)(C)C(C=C)(CC=C)O[PH](=O)OC(C=C)(CC=C)C(C)(C)C#C. The van der Waals surface area contributed by atoms with Crippen molar-refractivity contribution in [3.63, 3.8) is 0 Å². The van der Waals surface area contributed by atoms with Crippen LogP contribution in [0.15, 0.2) is 50.6 Å². The Balaban J connectivity index is 5.97. The second-order valence-corrected chi connectivity index (χ2v) is 8.07. The van der Waals surface area contributed by atoms with Crippen LogP contribution in [0, 0.1) is 35.5 Å². The van der Waals surface area contributed by atoms with Crippen LogP contribution >= 0.6 is 8.25 Å². The van der Waals surface area contributed by atoms with E-state index in [4.69, 9.17) is 21.9 Å². The van der Waals surface area contributed by atoms with Gasteiger partial charge in [0.25, 0.3) is 0 Å². The third kappa shape index (κ3) is 4.69. The predicted octanol–water partition coefficient (Wildman–Crippen LogP) is 5.73. The van der Waals surface area contributed by atoms with Crippen molar-refractivity contribution in [3.05, 3.63) is 50.6 Å². The molecule has 0 amide bonds. The molecule has 0 bridgehead atoms. The van der Waals surface area contributed by atoms with Gasteiger partial charge in [0, 0.05) is 0 Å². The third-order valence-electron chi connectivity index (χ3n) is 4.92. The van der Waals surface area contributed by atoms with Crippen LogP contribution in [0.2, 0.25) is 0 Å². The molecule has 2 atom stereocenters. The molecule has 2 unspecified atom stereocenters. The van der Waals surface area contributed by atoms with Crippen LogP contribution in [-0.2, 0) is 13.6 Å². The van der Waals surface area contributed by atoms with Crippen molar-refractivity contribution in [2.45, 2.75) is 51.7 Å². The molecule has 0 saturated heterocycles. The van der Waals surface area contributed by atoms with Crippen LogP contribution in [0.25, 0.3) is 0 Å². The summed E-state index contributed by atoms with van der Waals surface area (Å²) in [6, 6.07) is 0. The molecule has 0 aromatic heterocycles. The lowest BCUT2D eigenvalue weighted by molar-refractivity contribution is -0.0141. The minimum atomic E-state index is -3.03. The van der Waals surface area contributed by atoms with Crippen molar-refractivity contribution >= 4 is 8.25 Å². The molecule has 0 spiro atoms. The second kappa shape index (κ2) is 9.25. The Bertz CT molecular complexity index is 604. The van der Waals surface area contributed by atoms with Gasteiger partial charge in [0.05, 0.1) is 10.8 Å². The number of terminal acetylenes is 2. The van der Waals surface area contributed by atoms with Gasteiger partial charge < -0.3 is 0 Å². The van der Waals surface area contributed by atoms with E-state index in [1.807, 2.05) is 27.7 Å². The van der Waals surface area contributed by atoms with Gasteiger partial charge >= 0.3 is 8.25 Å². The maximum atomic E-state index is 12.9. The van der Waals surface area contributed by atoms with Crippen LogP contribution < -0.4 is 0 Å². The van der Waals surface area contributed by atoms with Crippen LogP contribution in [0.3, 0.4) is 0 Å². The van der Waals surface area contributed by atoms with E-state index in [-0.39, 0.29) is 0 Å². The molecule has 0 saturated carbocycles.